The summed E-state index contributed by atoms with van der Waals surface area (Å²) in [6.07, 6.45) is 5.80. The van der Waals surface area contributed by atoms with Gasteiger partial charge in [0.2, 0.25) is 0 Å². The summed E-state index contributed by atoms with van der Waals surface area (Å²) in [7, 11) is 0. The van der Waals surface area contributed by atoms with Crippen molar-refractivity contribution in [3.05, 3.63) is 18.1 Å². The van der Waals surface area contributed by atoms with E-state index in [-0.39, 0.29) is 0 Å². The second-order valence-corrected chi connectivity index (χ2v) is 5.88. The topological polar surface area (TPSA) is 55.0 Å². The van der Waals surface area contributed by atoms with Gasteiger partial charge in [0, 0.05) is 32.0 Å². The van der Waals surface area contributed by atoms with Gasteiger partial charge in [0.15, 0.2) is 5.82 Å². The van der Waals surface area contributed by atoms with Crippen LogP contribution in [0.25, 0.3) is 0 Å². The third-order valence-corrected chi connectivity index (χ3v) is 3.20. The van der Waals surface area contributed by atoms with Crippen LogP contribution < -0.4 is 10.6 Å². The minimum Gasteiger partial charge on any atom is -0.355 e. The maximum Gasteiger partial charge on any atom is 0.151 e. The van der Waals surface area contributed by atoms with Gasteiger partial charge in [-0.15, -0.1) is 0 Å². The fraction of sp³-hybridized carbons (Fsp3) is 0.733. The highest BCUT2D eigenvalue weighted by atomic mass is 15.2. The Labute approximate surface area is 117 Å². The summed E-state index contributed by atoms with van der Waals surface area (Å²) in [4.78, 5) is 11.2. The molecule has 1 aromatic rings. The number of aromatic nitrogens is 2. The fourth-order valence-electron chi connectivity index (χ4n) is 1.92. The molecule has 0 atom stereocenters. The van der Waals surface area contributed by atoms with Crippen molar-refractivity contribution < 1.29 is 0 Å². The number of nitrogens with zero attached hydrogens (tertiary/aromatic N) is 3. The van der Waals surface area contributed by atoms with E-state index in [0.29, 0.717) is 18.4 Å². The molecule has 1 rings (SSSR count). The lowest BCUT2D eigenvalue weighted by atomic mass is 10.1. The van der Waals surface area contributed by atoms with E-state index in [0.717, 1.165) is 24.6 Å². The van der Waals surface area contributed by atoms with Gasteiger partial charge in [-0.3, -0.25) is 4.98 Å². The van der Waals surface area contributed by atoms with Gasteiger partial charge in [-0.25, -0.2) is 4.98 Å². The molecule has 19 heavy (non-hydrogen) atoms. The van der Waals surface area contributed by atoms with Gasteiger partial charge in [-0.2, -0.15) is 0 Å². The molecule has 0 unspecified atom stereocenters. The molecule has 0 bridgehead atoms. The summed E-state index contributed by atoms with van der Waals surface area (Å²) < 4.78 is 0. The minimum atomic E-state index is 0.447. The van der Waals surface area contributed by atoms with Crippen LogP contribution in [0, 0.1) is 11.8 Å². The Hall–Kier alpha value is -1.16. The standard InChI is InChI=1S/C15H28N4/c1-12(2)5-9-19(10-6-13(3)4)15-14(11-16)17-7-8-18-15/h7-8,12-13H,5-6,9-11,16H2,1-4H3. The summed E-state index contributed by atoms with van der Waals surface area (Å²) in [6, 6.07) is 0. The summed E-state index contributed by atoms with van der Waals surface area (Å²) in [5, 5.41) is 0. The van der Waals surface area contributed by atoms with Crippen LogP contribution in [0.2, 0.25) is 0 Å². The van der Waals surface area contributed by atoms with E-state index < -0.39 is 0 Å². The zero-order valence-corrected chi connectivity index (χ0v) is 12.8. The van der Waals surface area contributed by atoms with Crippen molar-refractivity contribution in [1.29, 1.82) is 0 Å². The van der Waals surface area contributed by atoms with Crippen molar-refractivity contribution in [3.8, 4) is 0 Å². The summed E-state index contributed by atoms with van der Waals surface area (Å²) in [5.41, 5.74) is 6.67. The monoisotopic (exact) mass is 264 g/mol. The van der Waals surface area contributed by atoms with Gasteiger partial charge in [0.05, 0.1) is 5.69 Å². The van der Waals surface area contributed by atoms with E-state index in [9.17, 15) is 0 Å². The lowest BCUT2D eigenvalue weighted by molar-refractivity contribution is 0.531. The lowest BCUT2D eigenvalue weighted by Gasteiger charge is -2.26. The van der Waals surface area contributed by atoms with Crippen molar-refractivity contribution in [2.24, 2.45) is 17.6 Å². The van der Waals surface area contributed by atoms with Gasteiger partial charge in [-0.1, -0.05) is 27.7 Å². The molecule has 1 aromatic heterocycles. The van der Waals surface area contributed by atoms with E-state index in [1.54, 1.807) is 12.4 Å². The van der Waals surface area contributed by atoms with Gasteiger partial charge < -0.3 is 10.6 Å². The highest BCUT2D eigenvalue weighted by molar-refractivity contribution is 5.42. The van der Waals surface area contributed by atoms with Gasteiger partial charge in [0.1, 0.15) is 0 Å². The van der Waals surface area contributed by atoms with Crippen molar-refractivity contribution >= 4 is 5.82 Å². The highest BCUT2D eigenvalue weighted by Gasteiger charge is 2.13. The van der Waals surface area contributed by atoms with Crippen LogP contribution in [-0.4, -0.2) is 23.1 Å². The zero-order valence-electron chi connectivity index (χ0n) is 12.8. The van der Waals surface area contributed by atoms with Gasteiger partial charge >= 0.3 is 0 Å². The van der Waals surface area contributed by atoms with E-state index in [1.165, 1.54) is 12.8 Å². The molecular formula is C15H28N4. The Morgan fingerprint density at radius 1 is 1.00 bits per heavy atom. The summed E-state index contributed by atoms with van der Waals surface area (Å²) in [5.74, 6) is 2.35. The molecule has 0 aromatic carbocycles. The highest BCUT2D eigenvalue weighted by Crippen LogP contribution is 2.17. The molecule has 0 aliphatic rings. The van der Waals surface area contributed by atoms with Crippen LogP contribution in [0.1, 0.15) is 46.2 Å². The molecule has 0 radical (unpaired) electrons. The molecule has 4 nitrogen and oxygen atoms in total. The number of rotatable bonds is 8. The van der Waals surface area contributed by atoms with Crippen LogP contribution in [-0.2, 0) is 6.54 Å². The van der Waals surface area contributed by atoms with E-state index >= 15 is 0 Å². The molecular weight excluding hydrogens is 236 g/mol. The molecule has 0 amide bonds. The molecule has 2 N–H and O–H groups in total. The summed E-state index contributed by atoms with van der Waals surface area (Å²) in [6.45, 7) is 11.5. The van der Waals surface area contributed by atoms with Crippen LogP contribution in [0.5, 0.6) is 0 Å². The molecule has 4 heteroatoms. The third-order valence-electron chi connectivity index (χ3n) is 3.20. The second-order valence-electron chi connectivity index (χ2n) is 5.88. The van der Waals surface area contributed by atoms with Crippen LogP contribution >= 0.6 is 0 Å². The van der Waals surface area contributed by atoms with Crippen molar-refractivity contribution in [3.63, 3.8) is 0 Å². The first-order valence-electron chi connectivity index (χ1n) is 7.29. The first-order chi connectivity index (χ1) is 9.04. The molecule has 0 saturated heterocycles. The molecule has 1 heterocycles. The lowest BCUT2D eigenvalue weighted by Crippen LogP contribution is -2.30. The van der Waals surface area contributed by atoms with Crippen molar-refractivity contribution in [2.45, 2.75) is 47.1 Å². The quantitative estimate of drug-likeness (QED) is 0.784. The van der Waals surface area contributed by atoms with Crippen LogP contribution in [0.15, 0.2) is 12.4 Å². The Morgan fingerprint density at radius 2 is 1.53 bits per heavy atom. The first-order valence-corrected chi connectivity index (χ1v) is 7.29. The van der Waals surface area contributed by atoms with Crippen LogP contribution in [0.4, 0.5) is 5.82 Å². The maximum atomic E-state index is 5.77. The Balaban J connectivity index is 2.81. The Morgan fingerprint density at radius 3 is 2.00 bits per heavy atom. The summed E-state index contributed by atoms with van der Waals surface area (Å²) >= 11 is 0. The van der Waals surface area contributed by atoms with Crippen molar-refractivity contribution in [2.75, 3.05) is 18.0 Å². The molecule has 0 aliphatic heterocycles. The minimum absolute atomic E-state index is 0.447. The molecule has 108 valence electrons. The predicted octanol–water partition coefficient (Wildman–Crippen LogP) is 2.83. The van der Waals surface area contributed by atoms with Gasteiger partial charge in [-0.05, 0) is 24.7 Å². The maximum absolute atomic E-state index is 5.77. The first kappa shape index (κ1) is 15.9. The largest absolute Gasteiger partial charge is 0.355 e. The fourth-order valence-corrected chi connectivity index (χ4v) is 1.92. The smallest absolute Gasteiger partial charge is 0.151 e. The Kier molecular flexibility index (Phi) is 6.78. The third kappa shape index (κ3) is 5.55. The van der Waals surface area contributed by atoms with E-state index in [4.69, 9.17) is 5.73 Å². The normalized spacial score (nSPS) is 11.3. The predicted molar refractivity (Wildman–Crippen MR) is 81.0 cm³/mol. The SMILES string of the molecule is CC(C)CCN(CCC(C)C)c1nccnc1CN. The van der Waals surface area contributed by atoms with E-state index in [1.807, 2.05) is 0 Å². The second kappa shape index (κ2) is 8.10. The van der Waals surface area contributed by atoms with Crippen LogP contribution in [0.3, 0.4) is 0 Å². The number of anilines is 1. The molecule has 0 aliphatic carbocycles. The average Bonchev–Trinajstić information content (AvgIpc) is 2.38. The number of hydrogen-bond donors (Lipinski definition) is 1. The Bertz CT molecular complexity index is 351. The number of hydrogen-bond acceptors (Lipinski definition) is 4. The number of nitrogens with two attached hydrogens (primary N) is 1. The van der Waals surface area contributed by atoms with Gasteiger partial charge in [0.25, 0.3) is 0 Å². The van der Waals surface area contributed by atoms with E-state index in [2.05, 4.69) is 42.6 Å². The van der Waals surface area contributed by atoms with Crippen molar-refractivity contribution in [1.82, 2.24) is 9.97 Å². The molecule has 0 saturated carbocycles. The molecule has 0 spiro atoms. The molecule has 0 fully saturated rings. The average molecular weight is 264 g/mol. The zero-order chi connectivity index (χ0) is 14.3.